The molecule has 1 aliphatic heterocycles. The zero-order valence-electron chi connectivity index (χ0n) is 11.1. The Morgan fingerprint density at radius 3 is 2.89 bits per heavy atom. The van der Waals surface area contributed by atoms with Gasteiger partial charge in [-0.05, 0) is 54.6 Å². The summed E-state index contributed by atoms with van der Waals surface area (Å²) in [5, 5.41) is 3.83. The molecule has 2 fully saturated rings. The van der Waals surface area contributed by atoms with Gasteiger partial charge in [-0.2, -0.15) is 0 Å². The number of nitrogens with one attached hydrogen (secondary N) is 1. The number of benzene rings is 1. The van der Waals surface area contributed by atoms with E-state index in [0.29, 0.717) is 0 Å². The van der Waals surface area contributed by atoms with Crippen molar-refractivity contribution in [1.29, 1.82) is 0 Å². The van der Waals surface area contributed by atoms with Gasteiger partial charge in [0.2, 0.25) is 0 Å². The molecule has 1 saturated carbocycles. The average Bonchev–Trinajstić information content (AvgIpc) is 3.22. The summed E-state index contributed by atoms with van der Waals surface area (Å²) in [6.07, 6.45) is 8.60. The summed E-state index contributed by atoms with van der Waals surface area (Å²) < 4.78 is 0. The molecule has 1 saturated heterocycles. The highest BCUT2D eigenvalue weighted by Crippen LogP contribution is 2.43. The fraction of sp³-hybridized carbons (Fsp3) is 0.647. The first-order chi connectivity index (χ1) is 8.90. The van der Waals surface area contributed by atoms with Crippen molar-refractivity contribution in [2.24, 2.45) is 11.8 Å². The van der Waals surface area contributed by atoms with Gasteiger partial charge in [0.15, 0.2) is 0 Å². The van der Waals surface area contributed by atoms with Gasteiger partial charge in [0.25, 0.3) is 0 Å². The second-order valence-electron chi connectivity index (χ2n) is 6.62. The van der Waals surface area contributed by atoms with Crippen molar-refractivity contribution >= 4 is 0 Å². The van der Waals surface area contributed by atoms with Gasteiger partial charge >= 0.3 is 0 Å². The monoisotopic (exact) mass is 241 g/mol. The first kappa shape index (κ1) is 11.0. The number of fused-ring (bicyclic) bond motifs is 3. The summed E-state index contributed by atoms with van der Waals surface area (Å²) in [4.78, 5) is 0. The lowest BCUT2D eigenvalue weighted by Gasteiger charge is -2.41. The van der Waals surface area contributed by atoms with E-state index in [0.717, 1.165) is 23.8 Å². The van der Waals surface area contributed by atoms with E-state index >= 15 is 0 Å². The van der Waals surface area contributed by atoms with Crippen molar-refractivity contribution < 1.29 is 0 Å². The lowest BCUT2D eigenvalue weighted by Crippen LogP contribution is -2.44. The Bertz CT molecular complexity index is 435. The van der Waals surface area contributed by atoms with Gasteiger partial charge < -0.3 is 5.32 Å². The van der Waals surface area contributed by atoms with Crippen molar-refractivity contribution in [3.63, 3.8) is 0 Å². The average molecular weight is 241 g/mol. The van der Waals surface area contributed by atoms with Crippen molar-refractivity contribution in [2.45, 2.75) is 50.5 Å². The van der Waals surface area contributed by atoms with Crippen LogP contribution in [-0.4, -0.2) is 12.6 Å². The van der Waals surface area contributed by atoms with E-state index in [4.69, 9.17) is 0 Å². The van der Waals surface area contributed by atoms with Gasteiger partial charge in [-0.25, -0.2) is 0 Å². The molecule has 18 heavy (non-hydrogen) atoms. The number of hydrogen-bond acceptors (Lipinski definition) is 1. The summed E-state index contributed by atoms with van der Waals surface area (Å²) in [7, 11) is 0. The highest BCUT2D eigenvalue weighted by atomic mass is 14.9. The summed E-state index contributed by atoms with van der Waals surface area (Å²) in [5.41, 5.74) is 3.26. The van der Waals surface area contributed by atoms with Crippen LogP contribution in [-0.2, 0) is 6.42 Å². The maximum atomic E-state index is 3.83. The molecule has 0 bridgehead atoms. The molecular weight excluding hydrogens is 218 g/mol. The molecular formula is C17H23N. The minimum Gasteiger partial charge on any atom is -0.313 e. The molecule has 1 aromatic carbocycles. The van der Waals surface area contributed by atoms with Crippen LogP contribution in [0.3, 0.4) is 0 Å². The van der Waals surface area contributed by atoms with Gasteiger partial charge in [0.1, 0.15) is 0 Å². The Kier molecular flexibility index (Phi) is 2.69. The molecule has 0 amide bonds. The molecule has 96 valence electrons. The number of aryl methyl sites for hydroxylation is 1. The molecule has 1 aromatic rings. The molecule has 3 aliphatic rings. The minimum atomic E-state index is 0.797. The van der Waals surface area contributed by atoms with Crippen LogP contribution in [0.2, 0.25) is 0 Å². The van der Waals surface area contributed by atoms with Crippen molar-refractivity contribution in [2.75, 3.05) is 6.54 Å². The normalized spacial score (nSPS) is 34.8. The van der Waals surface area contributed by atoms with Crippen LogP contribution in [0.25, 0.3) is 0 Å². The molecule has 3 atom stereocenters. The lowest BCUT2D eigenvalue weighted by atomic mass is 9.70. The maximum Gasteiger partial charge on any atom is 0.00728 e. The molecule has 0 radical (unpaired) electrons. The molecule has 1 nitrogen and oxygen atoms in total. The zero-order chi connectivity index (χ0) is 11.9. The molecule has 1 heteroatoms. The number of piperidine rings is 1. The van der Waals surface area contributed by atoms with Crippen molar-refractivity contribution in [3.8, 4) is 0 Å². The van der Waals surface area contributed by atoms with E-state index in [-0.39, 0.29) is 0 Å². The predicted molar refractivity (Wildman–Crippen MR) is 74.7 cm³/mol. The van der Waals surface area contributed by atoms with Gasteiger partial charge in [-0.1, -0.05) is 37.1 Å². The first-order valence-electron chi connectivity index (χ1n) is 7.71. The smallest absolute Gasteiger partial charge is 0.00728 e. The Hall–Kier alpha value is -0.820. The molecule has 4 rings (SSSR count). The summed E-state index contributed by atoms with van der Waals surface area (Å²) in [6.45, 7) is 1.22. The third kappa shape index (κ3) is 1.99. The Balaban J connectivity index is 1.51. The fourth-order valence-corrected chi connectivity index (χ4v) is 4.16. The predicted octanol–water partition coefficient (Wildman–Crippen LogP) is 3.49. The van der Waals surface area contributed by atoms with Crippen LogP contribution in [0.4, 0.5) is 0 Å². The zero-order valence-corrected chi connectivity index (χ0v) is 11.1. The van der Waals surface area contributed by atoms with E-state index < -0.39 is 0 Å². The van der Waals surface area contributed by atoms with Crippen molar-refractivity contribution in [3.05, 3.63) is 35.4 Å². The Morgan fingerprint density at radius 1 is 1.11 bits per heavy atom. The topological polar surface area (TPSA) is 12.0 Å². The van der Waals surface area contributed by atoms with E-state index in [1.165, 1.54) is 45.1 Å². The quantitative estimate of drug-likeness (QED) is 0.835. The lowest BCUT2D eigenvalue weighted by molar-refractivity contribution is 0.228. The summed E-state index contributed by atoms with van der Waals surface area (Å²) in [5.74, 6) is 2.81. The highest BCUT2D eigenvalue weighted by molar-refractivity contribution is 5.34. The first-order valence-corrected chi connectivity index (χ1v) is 7.71. The van der Waals surface area contributed by atoms with E-state index in [1.807, 2.05) is 0 Å². The van der Waals surface area contributed by atoms with Crippen LogP contribution < -0.4 is 5.32 Å². The molecule has 3 unspecified atom stereocenters. The third-order valence-electron chi connectivity index (χ3n) is 5.34. The summed E-state index contributed by atoms with van der Waals surface area (Å²) in [6, 6.07) is 9.95. The van der Waals surface area contributed by atoms with Crippen LogP contribution in [0.5, 0.6) is 0 Å². The molecule has 1 heterocycles. The fourth-order valence-electron chi connectivity index (χ4n) is 4.16. The van der Waals surface area contributed by atoms with Gasteiger partial charge in [0.05, 0.1) is 0 Å². The standard InChI is InChI=1S/C17H23N/c1-2-4-16-13(3-1)7-8-14-10-15(9-12-5-6-12)18-11-17(14)16/h1-4,12,14-15,17-18H,5-11H2. The Morgan fingerprint density at radius 2 is 2.00 bits per heavy atom. The van der Waals surface area contributed by atoms with Crippen LogP contribution in [0, 0.1) is 11.8 Å². The SMILES string of the molecule is c1ccc2c(c1)CCC1CC(CC3CC3)NCC21. The van der Waals surface area contributed by atoms with Gasteiger partial charge in [0, 0.05) is 12.6 Å². The van der Waals surface area contributed by atoms with Gasteiger partial charge in [-0.15, -0.1) is 0 Å². The van der Waals surface area contributed by atoms with Crippen molar-refractivity contribution in [1.82, 2.24) is 5.32 Å². The molecule has 0 aromatic heterocycles. The van der Waals surface area contributed by atoms with Crippen LogP contribution in [0.15, 0.2) is 24.3 Å². The van der Waals surface area contributed by atoms with Gasteiger partial charge in [-0.3, -0.25) is 0 Å². The third-order valence-corrected chi connectivity index (χ3v) is 5.34. The largest absolute Gasteiger partial charge is 0.313 e. The van der Waals surface area contributed by atoms with Crippen LogP contribution >= 0.6 is 0 Å². The van der Waals surface area contributed by atoms with Crippen LogP contribution in [0.1, 0.15) is 49.1 Å². The summed E-state index contributed by atoms with van der Waals surface area (Å²) >= 11 is 0. The Labute approximate surface area is 110 Å². The second-order valence-corrected chi connectivity index (χ2v) is 6.62. The second kappa shape index (κ2) is 4.38. The number of hydrogen-bond donors (Lipinski definition) is 1. The highest BCUT2D eigenvalue weighted by Gasteiger charge is 2.36. The maximum absolute atomic E-state index is 3.83. The molecule has 2 aliphatic carbocycles. The van der Waals surface area contributed by atoms with E-state index in [9.17, 15) is 0 Å². The van der Waals surface area contributed by atoms with E-state index in [1.54, 1.807) is 11.1 Å². The van der Waals surface area contributed by atoms with E-state index in [2.05, 4.69) is 29.6 Å². The molecule has 1 N–H and O–H groups in total. The number of rotatable bonds is 2. The minimum absolute atomic E-state index is 0.797. The molecule has 0 spiro atoms.